The van der Waals surface area contributed by atoms with Crippen LogP contribution in [0.4, 0.5) is 26.3 Å². The molecule has 25 heavy (non-hydrogen) atoms. The first-order chi connectivity index (χ1) is 11.3. The van der Waals surface area contributed by atoms with Gasteiger partial charge in [-0.2, -0.15) is 26.3 Å². The summed E-state index contributed by atoms with van der Waals surface area (Å²) in [5, 5.41) is 0. The van der Waals surface area contributed by atoms with Gasteiger partial charge >= 0.3 is 12.4 Å². The Morgan fingerprint density at radius 3 is 2.08 bits per heavy atom. The molecular formula is C19H20F6. The number of allylic oxidation sites excluding steroid dienone is 4. The van der Waals surface area contributed by atoms with E-state index < -0.39 is 35.2 Å². The molecule has 0 saturated carbocycles. The van der Waals surface area contributed by atoms with Crippen LogP contribution in [0.25, 0.3) is 0 Å². The van der Waals surface area contributed by atoms with E-state index in [1.54, 1.807) is 32.9 Å². The third-order valence-electron chi connectivity index (χ3n) is 4.56. The first-order valence-electron chi connectivity index (χ1n) is 7.86. The van der Waals surface area contributed by atoms with Crippen LogP contribution in [0.2, 0.25) is 0 Å². The molecule has 0 unspecified atom stereocenters. The maximum Gasteiger partial charge on any atom is 0.407 e. The largest absolute Gasteiger partial charge is 0.407 e. The van der Waals surface area contributed by atoms with Crippen molar-refractivity contribution in [3.05, 3.63) is 59.2 Å². The van der Waals surface area contributed by atoms with Gasteiger partial charge in [0, 0.05) is 0 Å². The molecule has 0 aromatic heterocycles. The molecule has 138 valence electrons. The van der Waals surface area contributed by atoms with E-state index >= 15 is 0 Å². The van der Waals surface area contributed by atoms with Crippen molar-refractivity contribution in [2.24, 2.45) is 10.8 Å². The number of benzene rings is 1. The SMILES string of the molecule is Cc1cccc(CC(C2=CC=CC(C)(C)C2)(C(F)(F)F)C(F)(F)F)c1. The van der Waals surface area contributed by atoms with Crippen LogP contribution < -0.4 is 0 Å². The first-order valence-corrected chi connectivity index (χ1v) is 7.86. The molecule has 1 aromatic rings. The van der Waals surface area contributed by atoms with Gasteiger partial charge in [0.25, 0.3) is 0 Å². The van der Waals surface area contributed by atoms with E-state index in [1.165, 1.54) is 24.3 Å². The Morgan fingerprint density at radius 2 is 1.60 bits per heavy atom. The van der Waals surface area contributed by atoms with E-state index in [9.17, 15) is 26.3 Å². The molecule has 0 radical (unpaired) electrons. The lowest BCUT2D eigenvalue weighted by molar-refractivity contribution is -0.326. The maximum atomic E-state index is 13.9. The molecule has 2 rings (SSSR count). The summed E-state index contributed by atoms with van der Waals surface area (Å²) in [5.41, 5.74) is -4.66. The zero-order chi connectivity index (χ0) is 19.1. The number of alkyl halides is 6. The van der Waals surface area contributed by atoms with Gasteiger partial charge in [-0.25, -0.2) is 0 Å². The molecule has 1 aliphatic carbocycles. The zero-order valence-corrected chi connectivity index (χ0v) is 14.2. The van der Waals surface area contributed by atoms with Crippen LogP contribution >= 0.6 is 0 Å². The minimum Gasteiger partial charge on any atom is -0.170 e. The molecule has 0 saturated heterocycles. The van der Waals surface area contributed by atoms with Gasteiger partial charge in [0.15, 0.2) is 5.41 Å². The van der Waals surface area contributed by atoms with Crippen molar-refractivity contribution in [3.8, 4) is 0 Å². The van der Waals surface area contributed by atoms with Crippen molar-refractivity contribution in [1.29, 1.82) is 0 Å². The Labute approximate surface area is 143 Å². The number of hydrogen-bond acceptors (Lipinski definition) is 0. The Balaban J connectivity index is 2.66. The van der Waals surface area contributed by atoms with E-state index in [0.29, 0.717) is 5.56 Å². The smallest absolute Gasteiger partial charge is 0.170 e. The van der Waals surface area contributed by atoms with Crippen LogP contribution in [0.3, 0.4) is 0 Å². The van der Waals surface area contributed by atoms with Crippen LogP contribution in [-0.2, 0) is 6.42 Å². The highest BCUT2D eigenvalue weighted by atomic mass is 19.4. The van der Waals surface area contributed by atoms with Crippen LogP contribution in [0, 0.1) is 17.8 Å². The molecule has 0 amide bonds. The van der Waals surface area contributed by atoms with Crippen molar-refractivity contribution in [1.82, 2.24) is 0 Å². The number of halogens is 6. The van der Waals surface area contributed by atoms with Gasteiger partial charge in [0.2, 0.25) is 0 Å². The summed E-state index contributed by atoms with van der Waals surface area (Å²) in [7, 11) is 0. The molecule has 0 heterocycles. The fraction of sp³-hybridized carbons (Fsp3) is 0.474. The average Bonchev–Trinajstić information content (AvgIpc) is 2.41. The maximum absolute atomic E-state index is 13.9. The fourth-order valence-electron chi connectivity index (χ4n) is 3.29. The average molecular weight is 362 g/mol. The van der Waals surface area contributed by atoms with Gasteiger partial charge in [-0.15, -0.1) is 0 Å². The summed E-state index contributed by atoms with van der Waals surface area (Å²) in [6.45, 7) is 4.89. The Bertz CT molecular complexity index is 675. The molecule has 0 atom stereocenters. The monoisotopic (exact) mass is 362 g/mol. The van der Waals surface area contributed by atoms with Gasteiger partial charge in [-0.05, 0) is 36.3 Å². The predicted octanol–water partition coefficient (Wildman–Crippen LogP) is 6.56. The molecular weight excluding hydrogens is 342 g/mol. The second-order valence-corrected chi connectivity index (χ2v) is 7.28. The van der Waals surface area contributed by atoms with Crippen molar-refractivity contribution in [2.45, 2.75) is 46.0 Å². The topological polar surface area (TPSA) is 0 Å². The molecule has 1 aromatic carbocycles. The summed E-state index contributed by atoms with van der Waals surface area (Å²) in [4.78, 5) is 0. The fourth-order valence-corrected chi connectivity index (χ4v) is 3.29. The van der Waals surface area contributed by atoms with Gasteiger partial charge in [-0.1, -0.05) is 61.9 Å². The summed E-state index contributed by atoms with van der Waals surface area (Å²) in [5.74, 6) is 0. The third kappa shape index (κ3) is 3.77. The molecule has 0 N–H and O–H groups in total. The summed E-state index contributed by atoms with van der Waals surface area (Å²) in [6, 6.07) is 5.79. The van der Waals surface area contributed by atoms with Gasteiger partial charge in [0.05, 0.1) is 0 Å². The quantitative estimate of drug-likeness (QED) is 0.534. The lowest BCUT2D eigenvalue weighted by Crippen LogP contribution is -2.53. The minimum atomic E-state index is -5.46. The first kappa shape index (κ1) is 19.6. The van der Waals surface area contributed by atoms with E-state index in [2.05, 4.69) is 0 Å². The lowest BCUT2D eigenvalue weighted by atomic mass is 9.66. The van der Waals surface area contributed by atoms with Crippen molar-refractivity contribution in [2.75, 3.05) is 0 Å². The number of rotatable bonds is 3. The van der Waals surface area contributed by atoms with E-state index in [1.807, 2.05) is 0 Å². The molecule has 0 aliphatic heterocycles. The highest BCUT2D eigenvalue weighted by Crippen LogP contribution is 2.59. The predicted molar refractivity (Wildman–Crippen MR) is 85.0 cm³/mol. The van der Waals surface area contributed by atoms with Gasteiger partial charge in [-0.3, -0.25) is 0 Å². The summed E-state index contributed by atoms with van der Waals surface area (Å²) in [6.07, 6.45) is -8.47. The Hall–Kier alpha value is -1.72. The van der Waals surface area contributed by atoms with Gasteiger partial charge < -0.3 is 0 Å². The molecule has 0 bridgehead atoms. The minimum absolute atomic E-state index is 0.0166. The summed E-state index contributed by atoms with van der Waals surface area (Å²) >= 11 is 0. The van der Waals surface area contributed by atoms with Crippen LogP contribution in [0.15, 0.2) is 48.1 Å². The molecule has 0 spiro atoms. The second-order valence-electron chi connectivity index (χ2n) is 7.28. The standard InChI is InChI=1S/C19H20F6/c1-13-6-4-7-14(10-13)11-17(18(20,21)22,19(23,24)25)15-8-5-9-16(2,3)12-15/h4-10H,11-12H2,1-3H3. The van der Waals surface area contributed by atoms with Gasteiger partial charge in [0.1, 0.15) is 0 Å². The second kappa shape index (κ2) is 6.22. The summed E-state index contributed by atoms with van der Waals surface area (Å²) < 4.78 is 83.5. The normalized spacial score (nSPS) is 18.2. The van der Waals surface area contributed by atoms with Crippen molar-refractivity contribution < 1.29 is 26.3 Å². The third-order valence-corrected chi connectivity index (χ3v) is 4.56. The van der Waals surface area contributed by atoms with Crippen molar-refractivity contribution in [3.63, 3.8) is 0 Å². The highest BCUT2D eigenvalue weighted by molar-refractivity contribution is 5.35. The van der Waals surface area contributed by atoms with Crippen LogP contribution in [0.5, 0.6) is 0 Å². The molecule has 0 nitrogen and oxygen atoms in total. The lowest BCUT2D eigenvalue weighted by Gasteiger charge is -2.42. The highest BCUT2D eigenvalue weighted by Gasteiger charge is 2.72. The van der Waals surface area contributed by atoms with Crippen molar-refractivity contribution >= 4 is 0 Å². The molecule has 1 aliphatic rings. The van der Waals surface area contributed by atoms with E-state index in [-0.39, 0.29) is 12.0 Å². The number of hydrogen-bond donors (Lipinski definition) is 0. The Kier molecular flexibility index (Phi) is 4.88. The Morgan fingerprint density at radius 1 is 1.00 bits per heavy atom. The van der Waals surface area contributed by atoms with Crippen LogP contribution in [-0.4, -0.2) is 12.4 Å². The molecule has 0 fully saturated rings. The van der Waals surface area contributed by atoms with E-state index in [4.69, 9.17) is 0 Å². The number of aryl methyl sites for hydroxylation is 1. The van der Waals surface area contributed by atoms with E-state index in [0.717, 1.165) is 6.08 Å². The zero-order valence-electron chi connectivity index (χ0n) is 14.2. The van der Waals surface area contributed by atoms with Crippen LogP contribution in [0.1, 0.15) is 31.4 Å². The molecule has 6 heteroatoms.